The minimum atomic E-state index is -0.312. The SMILES string of the molecule is C[C@@H]1CC[C@H](O)[C@H]([C@@H]2CCCN2C(=O)CNC(=O)c2ccccc2)C1. The molecule has 5 heteroatoms. The molecule has 2 amide bonds. The summed E-state index contributed by atoms with van der Waals surface area (Å²) in [7, 11) is 0. The molecule has 1 aliphatic carbocycles. The van der Waals surface area contributed by atoms with Crippen LogP contribution in [-0.2, 0) is 4.79 Å². The molecule has 0 unspecified atom stereocenters. The number of hydrogen-bond donors (Lipinski definition) is 2. The second-order valence-electron chi connectivity index (χ2n) is 7.49. The number of carbonyl (C=O) groups excluding carboxylic acids is 2. The molecule has 2 aliphatic rings. The van der Waals surface area contributed by atoms with Crippen LogP contribution in [0.3, 0.4) is 0 Å². The van der Waals surface area contributed by atoms with Crippen LogP contribution in [0.5, 0.6) is 0 Å². The minimum Gasteiger partial charge on any atom is -0.393 e. The van der Waals surface area contributed by atoms with E-state index in [2.05, 4.69) is 12.2 Å². The number of nitrogens with zero attached hydrogens (tertiary/aromatic N) is 1. The van der Waals surface area contributed by atoms with Gasteiger partial charge >= 0.3 is 0 Å². The predicted molar refractivity (Wildman–Crippen MR) is 96.0 cm³/mol. The lowest BCUT2D eigenvalue weighted by Gasteiger charge is -2.39. The zero-order valence-corrected chi connectivity index (χ0v) is 14.9. The molecule has 4 atom stereocenters. The van der Waals surface area contributed by atoms with Crippen molar-refractivity contribution in [2.45, 2.75) is 51.2 Å². The maximum Gasteiger partial charge on any atom is 0.251 e. The van der Waals surface area contributed by atoms with Crippen LogP contribution in [0.2, 0.25) is 0 Å². The number of amides is 2. The molecule has 2 N–H and O–H groups in total. The number of hydrogen-bond acceptors (Lipinski definition) is 3. The van der Waals surface area contributed by atoms with Gasteiger partial charge in [0.1, 0.15) is 0 Å². The van der Waals surface area contributed by atoms with Gasteiger partial charge in [-0.2, -0.15) is 0 Å². The van der Waals surface area contributed by atoms with Crippen molar-refractivity contribution in [2.24, 2.45) is 11.8 Å². The Bertz CT molecular complexity index is 604. The van der Waals surface area contributed by atoms with Crippen molar-refractivity contribution in [1.29, 1.82) is 0 Å². The summed E-state index contributed by atoms with van der Waals surface area (Å²) in [6.45, 7) is 2.96. The first-order valence-corrected chi connectivity index (χ1v) is 9.37. The van der Waals surface area contributed by atoms with Crippen LogP contribution in [0, 0.1) is 11.8 Å². The van der Waals surface area contributed by atoms with Crippen LogP contribution in [-0.4, -0.2) is 47.1 Å². The maximum atomic E-state index is 12.7. The molecule has 2 fully saturated rings. The van der Waals surface area contributed by atoms with Crippen molar-refractivity contribution in [1.82, 2.24) is 10.2 Å². The normalized spacial score (nSPS) is 29.4. The Morgan fingerprint density at radius 3 is 2.72 bits per heavy atom. The van der Waals surface area contributed by atoms with Crippen molar-refractivity contribution in [3.8, 4) is 0 Å². The molecule has 0 aromatic heterocycles. The van der Waals surface area contributed by atoms with E-state index in [0.717, 1.165) is 38.6 Å². The Morgan fingerprint density at radius 1 is 1.20 bits per heavy atom. The first-order chi connectivity index (χ1) is 12.1. The van der Waals surface area contributed by atoms with Gasteiger partial charge in [0.25, 0.3) is 5.91 Å². The Kier molecular flexibility index (Phi) is 5.74. The average Bonchev–Trinajstić information content (AvgIpc) is 3.11. The fourth-order valence-electron chi connectivity index (χ4n) is 4.32. The Balaban J connectivity index is 1.58. The number of carbonyl (C=O) groups is 2. The smallest absolute Gasteiger partial charge is 0.251 e. The van der Waals surface area contributed by atoms with E-state index in [0.29, 0.717) is 11.5 Å². The summed E-state index contributed by atoms with van der Waals surface area (Å²) in [5.74, 6) is 0.497. The molecule has 136 valence electrons. The van der Waals surface area contributed by atoms with Gasteiger partial charge < -0.3 is 15.3 Å². The maximum absolute atomic E-state index is 12.7. The van der Waals surface area contributed by atoms with Crippen molar-refractivity contribution >= 4 is 11.8 Å². The predicted octanol–water partition coefficient (Wildman–Crippen LogP) is 2.20. The van der Waals surface area contributed by atoms with Crippen molar-refractivity contribution in [2.75, 3.05) is 13.1 Å². The summed E-state index contributed by atoms with van der Waals surface area (Å²) in [6.07, 6.45) is 4.48. The third-order valence-corrected chi connectivity index (χ3v) is 5.67. The molecule has 1 heterocycles. The van der Waals surface area contributed by atoms with Crippen LogP contribution in [0.25, 0.3) is 0 Å². The van der Waals surface area contributed by atoms with Crippen LogP contribution < -0.4 is 5.32 Å². The monoisotopic (exact) mass is 344 g/mol. The number of rotatable bonds is 4. The summed E-state index contributed by atoms with van der Waals surface area (Å²) in [5.41, 5.74) is 0.560. The van der Waals surface area contributed by atoms with Gasteiger partial charge in [0.2, 0.25) is 5.91 Å². The third kappa shape index (κ3) is 4.21. The highest BCUT2D eigenvalue weighted by Gasteiger charge is 2.40. The second kappa shape index (κ2) is 8.00. The molecule has 1 aliphatic heterocycles. The van der Waals surface area contributed by atoms with E-state index >= 15 is 0 Å². The molecule has 1 aromatic rings. The minimum absolute atomic E-state index is 0.0165. The van der Waals surface area contributed by atoms with Gasteiger partial charge in [0, 0.05) is 24.1 Å². The Hall–Kier alpha value is -1.88. The van der Waals surface area contributed by atoms with Gasteiger partial charge in [-0.3, -0.25) is 9.59 Å². The summed E-state index contributed by atoms with van der Waals surface area (Å²) < 4.78 is 0. The zero-order chi connectivity index (χ0) is 17.8. The topological polar surface area (TPSA) is 69.6 Å². The molecule has 1 saturated heterocycles. The van der Waals surface area contributed by atoms with Crippen LogP contribution in [0.15, 0.2) is 30.3 Å². The summed E-state index contributed by atoms with van der Waals surface area (Å²) in [6, 6.07) is 9.04. The van der Waals surface area contributed by atoms with Gasteiger partial charge in [-0.05, 0) is 50.2 Å². The summed E-state index contributed by atoms with van der Waals surface area (Å²) >= 11 is 0. The van der Waals surface area contributed by atoms with Crippen LogP contribution in [0.4, 0.5) is 0 Å². The van der Waals surface area contributed by atoms with Gasteiger partial charge in [-0.1, -0.05) is 25.1 Å². The molecule has 5 nitrogen and oxygen atoms in total. The Labute approximate surface area is 149 Å². The van der Waals surface area contributed by atoms with Crippen molar-refractivity contribution < 1.29 is 14.7 Å². The first-order valence-electron chi connectivity index (χ1n) is 9.37. The van der Waals surface area contributed by atoms with Gasteiger partial charge in [-0.25, -0.2) is 0 Å². The standard InChI is InChI=1S/C20H28N2O3/c1-14-9-10-18(23)16(12-14)17-8-5-11-22(17)19(24)13-21-20(25)15-6-3-2-4-7-15/h2-4,6-7,14,16-18,23H,5,8-13H2,1H3,(H,21,25)/t14-,16+,17+,18+/m1/s1. The molecule has 3 rings (SSSR count). The first kappa shape index (κ1) is 17.9. The summed E-state index contributed by atoms with van der Waals surface area (Å²) in [4.78, 5) is 26.7. The molecule has 1 aromatic carbocycles. The average molecular weight is 344 g/mol. The van der Waals surface area contributed by atoms with E-state index in [1.165, 1.54) is 0 Å². The van der Waals surface area contributed by atoms with E-state index in [1.54, 1.807) is 24.3 Å². The lowest BCUT2D eigenvalue weighted by atomic mass is 9.76. The molecular weight excluding hydrogens is 316 g/mol. The van der Waals surface area contributed by atoms with E-state index in [4.69, 9.17) is 0 Å². The van der Waals surface area contributed by atoms with Crippen LogP contribution in [0.1, 0.15) is 49.4 Å². The number of aliphatic hydroxyl groups excluding tert-OH is 1. The second-order valence-corrected chi connectivity index (χ2v) is 7.49. The third-order valence-electron chi connectivity index (χ3n) is 5.67. The van der Waals surface area contributed by atoms with E-state index in [9.17, 15) is 14.7 Å². The molecular formula is C20H28N2O3. The van der Waals surface area contributed by atoms with Gasteiger partial charge in [0.05, 0.1) is 12.6 Å². The highest BCUT2D eigenvalue weighted by molar-refractivity contribution is 5.96. The van der Waals surface area contributed by atoms with Gasteiger partial charge in [-0.15, -0.1) is 0 Å². The number of likely N-dealkylation sites (tertiary alicyclic amines) is 1. The molecule has 25 heavy (non-hydrogen) atoms. The van der Waals surface area contributed by atoms with Crippen molar-refractivity contribution in [3.63, 3.8) is 0 Å². The molecule has 1 saturated carbocycles. The Morgan fingerprint density at radius 2 is 1.96 bits per heavy atom. The van der Waals surface area contributed by atoms with Gasteiger partial charge in [0.15, 0.2) is 0 Å². The van der Waals surface area contributed by atoms with E-state index in [1.807, 2.05) is 11.0 Å². The lowest BCUT2D eigenvalue weighted by molar-refractivity contribution is -0.133. The molecule has 0 radical (unpaired) electrons. The largest absolute Gasteiger partial charge is 0.393 e. The van der Waals surface area contributed by atoms with E-state index < -0.39 is 0 Å². The number of benzene rings is 1. The fourth-order valence-corrected chi connectivity index (χ4v) is 4.32. The quantitative estimate of drug-likeness (QED) is 0.880. The highest BCUT2D eigenvalue weighted by Crippen LogP contribution is 2.37. The zero-order valence-electron chi connectivity index (χ0n) is 14.9. The van der Waals surface area contributed by atoms with E-state index in [-0.39, 0.29) is 36.4 Å². The van der Waals surface area contributed by atoms with Crippen LogP contribution >= 0.6 is 0 Å². The number of aliphatic hydroxyl groups is 1. The lowest BCUT2D eigenvalue weighted by Crippen LogP contribution is -2.49. The fraction of sp³-hybridized carbons (Fsp3) is 0.600. The highest BCUT2D eigenvalue weighted by atomic mass is 16.3. The number of nitrogens with one attached hydrogen (secondary N) is 1. The van der Waals surface area contributed by atoms with Crippen molar-refractivity contribution in [3.05, 3.63) is 35.9 Å². The molecule has 0 spiro atoms. The summed E-state index contributed by atoms with van der Waals surface area (Å²) in [5, 5.41) is 13.1. The molecule has 0 bridgehead atoms.